The number of sulfonamides is 1. The Hall–Kier alpha value is -2.69. The molecular weight excluding hydrogens is 412 g/mol. The predicted molar refractivity (Wildman–Crippen MR) is 101 cm³/mol. The van der Waals surface area contributed by atoms with Gasteiger partial charge >= 0.3 is 5.97 Å². The van der Waals surface area contributed by atoms with Crippen molar-refractivity contribution >= 4 is 33.3 Å². The van der Waals surface area contributed by atoms with Gasteiger partial charge in [0.2, 0.25) is 10.0 Å². The number of halogens is 1. The summed E-state index contributed by atoms with van der Waals surface area (Å²) >= 11 is 5.95. The van der Waals surface area contributed by atoms with Crippen LogP contribution in [0.2, 0.25) is 5.02 Å². The van der Waals surface area contributed by atoms with Crippen LogP contribution in [-0.4, -0.2) is 44.8 Å². The lowest BCUT2D eigenvalue weighted by Crippen LogP contribution is -2.23. The molecule has 0 atom stereocenters. The predicted octanol–water partition coefficient (Wildman–Crippen LogP) is 2.86. The maximum atomic E-state index is 12.3. The second-order valence-corrected chi connectivity index (χ2v) is 8.29. The number of benzene rings is 2. The highest BCUT2D eigenvalue weighted by Crippen LogP contribution is 2.27. The zero-order valence-corrected chi connectivity index (χ0v) is 16.8. The second-order valence-electron chi connectivity index (χ2n) is 5.76. The van der Waals surface area contributed by atoms with Crippen LogP contribution >= 0.6 is 11.6 Å². The van der Waals surface area contributed by atoms with Crippen LogP contribution in [0.3, 0.4) is 0 Å². The van der Waals surface area contributed by atoms with Gasteiger partial charge in [-0.3, -0.25) is 10.1 Å². The van der Waals surface area contributed by atoms with Gasteiger partial charge in [0.05, 0.1) is 22.6 Å². The minimum atomic E-state index is -3.86. The van der Waals surface area contributed by atoms with E-state index < -0.39 is 20.9 Å². The highest BCUT2D eigenvalue weighted by molar-refractivity contribution is 7.89. The van der Waals surface area contributed by atoms with Gasteiger partial charge in [-0.05, 0) is 24.3 Å². The Kier molecular flexibility index (Phi) is 6.60. The number of hydrogen-bond acceptors (Lipinski definition) is 7. The molecule has 0 bridgehead atoms. The van der Waals surface area contributed by atoms with Gasteiger partial charge in [0.25, 0.3) is 5.69 Å². The first-order chi connectivity index (χ1) is 13.1. The number of nitro groups is 1. The molecule has 0 heterocycles. The lowest BCUT2D eigenvalue weighted by Gasteiger charge is -2.14. The Bertz CT molecular complexity index is 1020. The molecule has 0 fully saturated rings. The van der Waals surface area contributed by atoms with Gasteiger partial charge in [-0.1, -0.05) is 11.6 Å². The van der Waals surface area contributed by atoms with E-state index in [9.17, 15) is 23.3 Å². The summed E-state index contributed by atoms with van der Waals surface area (Å²) in [6.07, 6.45) is 0. The van der Waals surface area contributed by atoms with Crippen molar-refractivity contribution in [2.24, 2.45) is 0 Å². The van der Waals surface area contributed by atoms with Crippen LogP contribution in [0.4, 0.5) is 5.69 Å². The summed E-state index contributed by atoms with van der Waals surface area (Å²) in [5.74, 6) is -0.509. The highest BCUT2D eigenvalue weighted by atomic mass is 35.5. The molecule has 9 nitrogen and oxygen atoms in total. The van der Waals surface area contributed by atoms with E-state index in [1.165, 1.54) is 51.5 Å². The first kappa shape index (κ1) is 21.6. The van der Waals surface area contributed by atoms with Crippen molar-refractivity contribution in [1.29, 1.82) is 0 Å². The van der Waals surface area contributed by atoms with Gasteiger partial charge in [-0.2, -0.15) is 0 Å². The van der Waals surface area contributed by atoms with Gasteiger partial charge in [-0.25, -0.2) is 17.5 Å². The van der Waals surface area contributed by atoms with E-state index in [1.807, 2.05) is 0 Å². The summed E-state index contributed by atoms with van der Waals surface area (Å²) in [6, 6.07) is 7.61. The molecule has 0 radical (unpaired) electrons. The molecule has 0 saturated heterocycles. The fraction of sp³-hybridized carbons (Fsp3) is 0.235. The van der Waals surface area contributed by atoms with Crippen LogP contribution in [0, 0.1) is 10.1 Å². The summed E-state index contributed by atoms with van der Waals surface area (Å²) in [7, 11) is 0.198. The van der Waals surface area contributed by atoms with Gasteiger partial charge in [0.1, 0.15) is 17.3 Å². The van der Waals surface area contributed by atoms with Crippen LogP contribution in [0.25, 0.3) is 0 Å². The number of esters is 1. The Morgan fingerprint density at radius 3 is 2.46 bits per heavy atom. The molecule has 28 heavy (non-hydrogen) atoms. The number of nitrogens with zero attached hydrogens (tertiary/aromatic N) is 2. The maximum absolute atomic E-state index is 12.3. The Morgan fingerprint density at radius 1 is 1.21 bits per heavy atom. The number of hydrogen-bond donors (Lipinski definition) is 0. The van der Waals surface area contributed by atoms with Crippen molar-refractivity contribution < 1.29 is 27.6 Å². The smallest absolute Gasteiger partial charge is 0.338 e. The maximum Gasteiger partial charge on any atom is 0.338 e. The van der Waals surface area contributed by atoms with E-state index in [1.54, 1.807) is 0 Å². The first-order valence-corrected chi connectivity index (χ1v) is 9.60. The van der Waals surface area contributed by atoms with Crippen LogP contribution in [-0.2, 0) is 21.4 Å². The zero-order valence-electron chi connectivity index (χ0n) is 15.2. The lowest BCUT2D eigenvalue weighted by molar-refractivity contribution is -0.385. The molecule has 0 spiro atoms. The molecule has 0 aliphatic heterocycles. The summed E-state index contributed by atoms with van der Waals surface area (Å²) < 4.78 is 35.8. The summed E-state index contributed by atoms with van der Waals surface area (Å²) in [5.41, 5.74) is 0.0760. The molecule has 0 saturated carbocycles. The fourth-order valence-electron chi connectivity index (χ4n) is 2.24. The number of rotatable bonds is 7. The highest BCUT2D eigenvalue weighted by Gasteiger charge is 2.23. The Labute approximate surface area is 166 Å². The van der Waals surface area contributed by atoms with E-state index in [-0.39, 0.29) is 27.8 Å². The van der Waals surface area contributed by atoms with E-state index in [4.69, 9.17) is 21.1 Å². The molecule has 2 rings (SSSR count). The van der Waals surface area contributed by atoms with Crippen molar-refractivity contribution in [2.45, 2.75) is 11.5 Å². The SMILES string of the molecule is COc1ccc([N+](=O)[O-])cc1COC(=O)c1ccc(Cl)c(S(=O)(=O)N(C)C)c1. The van der Waals surface area contributed by atoms with E-state index in [0.717, 1.165) is 10.4 Å². The Balaban J connectivity index is 2.28. The number of ether oxygens (including phenoxy) is 2. The van der Waals surface area contributed by atoms with Crippen LogP contribution in [0.15, 0.2) is 41.3 Å². The third-order valence-corrected chi connectivity index (χ3v) is 6.06. The molecular formula is C17H17ClN2O7S. The normalized spacial score (nSPS) is 11.3. The van der Waals surface area contributed by atoms with Crippen LogP contribution < -0.4 is 4.74 Å². The van der Waals surface area contributed by atoms with Crippen LogP contribution in [0.1, 0.15) is 15.9 Å². The minimum absolute atomic E-state index is 0.0331. The molecule has 0 aromatic heterocycles. The Morgan fingerprint density at radius 2 is 1.89 bits per heavy atom. The van der Waals surface area contributed by atoms with Gasteiger partial charge < -0.3 is 9.47 Å². The molecule has 0 unspecified atom stereocenters. The largest absolute Gasteiger partial charge is 0.496 e. The van der Waals surface area contributed by atoms with Crippen molar-refractivity contribution in [2.75, 3.05) is 21.2 Å². The van der Waals surface area contributed by atoms with Gasteiger partial charge in [0, 0.05) is 31.8 Å². The third-order valence-electron chi connectivity index (χ3n) is 3.76. The van der Waals surface area contributed by atoms with Gasteiger partial charge in [0.15, 0.2) is 0 Å². The van der Waals surface area contributed by atoms with E-state index in [2.05, 4.69) is 0 Å². The number of non-ortho nitro benzene ring substituents is 1. The molecule has 11 heteroatoms. The van der Waals surface area contributed by atoms with Crippen molar-refractivity contribution in [1.82, 2.24) is 4.31 Å². The third kappa shape index (κ3) is 4.58. The summed E-state index contributed by atoms with van der Waals surface area (Å²) in [6.45, 7) is -0.303. The molecule has 2 aromatic rings. The molecule has 0 aliphatic rings. The number of methoxy groups -OCH3 is 1. The average molecular weight is 429 g/mol. The fourth-order valence-corrected chi connectivity index (χ4v) is 3.64. The summed E-state index contributed by atoms with van der Waals surface area (Å²) in [5, 5.41) is 10.9. The van der Waals surface area contributed by atoms with E-state index in [0.29, 0.717) is 11.3 Å². The lowest BCUT2D eigenvalue weighted by atomic mass is 10.2. The monoisotopic (exact) mass is 428 g/mol. The first-order valence-electron chi connectivity index (χ1n) is 7.78. The summed E-state index contributed by atoms with van der Waals surface area (Å²) in [4.78, 5) is 22.4. The van der Waals surface area contributed by atoms with Crippen LogP contribution in [0.5, 0.6) is 5.75 Å². The second kappa shape index (κ2) is 8.55. The van der Waals surface area contributed by atoms with Gasteiger partial charge in [-0.15, -0.1) is 0 Å². The molecule has 2 aromatic carbocycles. The molecule has 0 N–H and O–H groups in total. The standard InChI is InChI=1S/C17H17ClN2O7S/c1-19(2)28(24,25)16-9-11(4-6-14(16)18)17(21)27-10-12-8-13(20(22)23)5-7-15(12)26-3/h4-9H,10H2,1-3H3. The van der Waals surface area contributed by atoms with Crippen molar-refractivity contribution in [3.63, 3.8) is 0 Å². The number of carbonyl (C=O) groups excluding carboxylic acids is 1. The number of nitro benzene ring substituents is 1. The molecule has 0 amide bonds. The van der Waals surface area contributed by atoms with Crippen molar-refractivity contribution in [3.8, 4) is 5.75 Å². The number of carbonyl (C=O) groups is 1. The topological polar surface area (TPSA) is 116 Å². The quantitative estimate of drug-likeness (QED) is 0.378. The molecule has 0 aliphatic carbocycles. The average Bonchev–Trinajstić information content (AvgIpc) is 2.65. The van der Waals surface area contributed by atoms with E-state index >= 15 is 0 Å². The minimum Gasteiger partial charge on any atom is -0.496 e. The molecule has 150 valence electrons. The van der Waals surface area contributed by atoms with Crippen molar-refractivity contribution in [3.05, 3.63) is 62.7 Å². The zero-order chi connectivity index (χ0) is 21.1.